The molecule has 1 saturated heterocycles. The van der Waals surface area contributed by atoms with Crippen molar-refractivity contribution in [3.05, 3.63) is 53.1 Å². The van der Waals surface area contributed by atoms with Crippen molar-refractivity contribution in [1.82, 2.24) is 9.88 Å². The van der Waals surface area contributed by atoms with Crippen molar-refractivity contribution < 1.29 is 14.3 Å². The zero-order valence-electron chi connectivity index (χ0n) is 19.1. The first-order valence-corrected chi connectivity index (χ1v) is 12.6. The van der Waals surface area contributed by atoms with Crippen LogP contribution in [-0.2, 0) is 9.53 Å². The minimum absolute atomic E-state index is 0.0394. The third-order valence-corrected chi connectivity index (χ3v) is 7.11. The molecule has 8 heteroatoms. The Morgan fingerprint density at radius 2 is 1.97 bits per heavy atom. The molecule has 0 unspecified atom stereocenters. The van der Waals surface area contributed by atoms with E-state index in [1.807, 2.05) is 42.5 Å². The fraction of sp³-hybridized carbons (Fsp3) is 0.440. The number of carbonyl (C=O) groups excluding carboxylic acids is 1. The van der Waals surface area contributed by atoms with Gasteiger partial charge in [-0.15, -0.1) is 0 Å². The summed E-state index contributed by atoms with van der Waals surface area (Å²) in [6.45, 7) is 9.14. The Kier molecular flexibility index (Phi) is 8.20. The maximum Gasteiger partial charge on any atom is 0.266 e. The quantitative estimate of drug-likeness (QED) is 0.415. The SMILES string of the molecule is CC(C)c1ccc(OCC(=O)N(CCCN2CCOCC2)c2nc3c(Cl)cccc3s2)cc1. The summed E-state index contributed by atoms with van der Waals surface area (Å²) in [6.07, 6.45) is 0.846. The second kappa shape index (κ2) is 11.3. The van der Waals surface area contributed by atoms with Crippen LogP contribution in [0.4, 0.5) is 5.13 Å². The summed E-state index contributed by atoms with van der Waals surface area (Å²) in [7, 11) is 0. The maximum atomic E-state index is 13.2. The van der Waals surface area contributed by atoms with Crippen LogP contribution >= 0.6 is 22.9 Å². The zero-order valence-corrected chi connectivity index (χ0v) is 20.7. The van der Waals surface area contributed by atoms with Crippen LogP contribution in [0.15, 0.2) is 42.5 Å². The predicted molar refractivity (Wildman–Crippen MR) is 135 cm³/mol. The topological polar surface area (TPSA) is 54.9 Å². The second-order valence-corrected chi connectivity index (χ2v) is 9.86. The van der Waals surface area contributed by atoms with E-state index in [9.17, 15) is 4.79 Å². The van der Waals surface area contributed by atoms with Gasteiger partial charge in [-0.05, 0) is 42.2 Å². The van der Waals surface area contributed by atoms with E-state index in [1.165, 1.54) is 16.9 Å². The molecule has 0 atom stereocenters. The summed E-state index contributed by atoms with van der Waals surface area (Å²) in [5.74, 6) is 1.03. The molecule has 1 fully saturated rings. The van der Waals surface area contributed by atoms with E-state index in [0.717, 1.165) is 49.5 Å². The number of carbonyl (C=O) groups is 1. The van der Waals surface area contributed by atoms with Crippen LogP contribution in [0.2, 0.25) is 5.02 Å². The molecule has 1 aromatic heterocycles. The smallest absolute Gasteiger partial charge is 0.266 e. The van der Waals surface area contributed by atoms with Crippen LogP contribution in [0.1, 0.15) is 31.7 Å². The number of aromatic nitrogens is 1. The summed E-state index contributed by atoms with van der Waals surface area (Å²) in [5, 5.41) is 1.25. The molecule has 3 aromatic rings. The lowest BCUT2D eigenvalue weighted by molar-refractivity contribution is -0.120. The Balaban J connectivity index is 1.45. The average Bonchev–Trinajstić information content (AvgIpc) is 3.26. The minimum atomic E-state index is -0.111. The largest absolute Gasteiger partial charge is 0.484 e. The van der Waals surface area contributed by atoms with Gasteiger partial charge >= 0.3 is 0 Å². The van der Waals surface area contributed by atoms with E-state index >= 15 is 0 Å². The molecule has 0 spiro atoms. The fourth-order valence-corrected chi connectivity index (χ4v) is 5.10. The number of ether oxygens (including phenoxy) is 2. The van der Waals surface area contributed by atoms with E-state index < -0.39 is 0 Å². The van der Waals surface area contributed by atoms with Gasteiger partial charge in [0, 0.05) is 26.2 Å². The maximum absolute atomic E-state index is 13.2. The van der Waals surface area contributed by atoms with E-state index in [-0.39, 0.29) is 12.5 Å². The third kappa shape index (κ3) is 6.23. The summed E-state index contributed by atoms with van der Waals surface area (Å²) in [4.78, 5) is 22.0. The number of fused-ring (bicyclic) bond motifs is 1. The number of para-hydroxylation sites is 1. The molecule has 1 aliphatic rings. The summed E-state index contributed by atoms with van der Waals surface area (Å²) < 4.78 is 12.2. The number of halogens is 1. The Bertz CT molecular complexity index is 1060. The summed E-state index contributed by atoms with van der Waals surface area (Å²) in [5.41, 5.74) is 1.97. The first-order valence-electron chi connectivity index (χ1n) is 11.4. The van der Waals surface area contributed by atoms with Crippen LogP contribution in [0, 0.1) is 0 Å². The molecule has 176 valence electrons. The molecule has 6 nitrogen and oxygen atoms in total. The van der Waals surface area contributed by atoms with Crippen molar-refractivity contribution in [2.24, 2.45) is 0 Å². The number of nitrogens with zero attached hydrogens (tertiary/aromatic N) is 3. The van der Waals surface area contributed by atoms with Crippen LogP contribution in [-0.4, -0.2) is 61.8 Å². The third-order valence-electron chi connectivity index (χ3n) is 5.76. The highest BCUT2D eigenvalue weighted by Gasteiger charge is 2.22. The molecule has 1 aliphatic heterocycles. The van der Waals surface area contributed by atoms with Crippen molar-refractivity contribution >= 4 is 44.2 Å². The molecule has 1 amide bonds. The normalized spacial score (nSPS) is 14.7. The number of benzene rings is 2. The van der Waals surface area contributed by atoms with Gasteiger partial charge in [0.1, 0.15) is 11.3 Å². The number of hydrogen-bond acceptors (Lipinski definition) is 6. The Morgan fingerprint density at radius 1 is 1.21 bits per heavy atom. The van der Waals surface area contributed by atoms with Gasteiger partial charge in [-0.2, -0.15) is 0 Å². The monoisotopic (exact) mass is 487 g/mol. The summed E-state index contributed by atoms with van der Waals surface area (Å²) >= 11 is 7.82. The lowest BCUT2D eigenvalue weighted by atomic mass is 10.0. The molecular formula is C25H30ClN3O3S. The lowest BCUT2D eigenvalue weighted by Gasteiger charge is -2.27. The van der Waals surface area contributed by atoms with Crippen molar-refractivity contribution in [2.75, 3.05) is 50.9 Å². The molecular weight excluding hydrogens is 458 g/mol. The van der Waals surface area contributed by atoms with Gasteiger partial charge in [0.15, 0.2) is 11.7 Å². The molecule has 2 aromatic carbocycles. The number of amides is 1. The number of thiazole rings is 1. The average molecular weight is 488 g/mol. The Hall–Kier alpha value is -2.19. The number of morpholine rings is 1. The zero-order chi connectivity index (χ0) is 23.2. The number of rotatable bonds is 9. The van der Waals surface area contributed by atoms with Crippen LogP contribution in [0.25, 0.3) is 10.2 Å². The van der Waals surface area contributed by atoms with Crippen LogP contribution in [0.5, 0.6) is 5.75 Å². The van der Waals surface area contributed by atoms with E-state index in [4.69, 9.17) is 21.1 Å². The van der Waals surface area contributed by atoms with E-state index in [2.05, 4.69) is 23.7 Å². The van der Waals surface area contributed by atoms with Gasteiger partial charge in [0.05, 0.1) is 22.9 Å². The second-order valence-electron chi connectivity index (χ2n) is 8.45. The van der Waals surface area contributed by atoms with Crippen molar-refractivity contribution in [3.8, 4) is 5.75 Å². The molecule has 2 heterocycles. The standard InChI is InChI=1S/C25H30ClN3O3S/c1-18(2)19-7-9-20(10-8-19)32-17-23(30)29(12-4-11-28-13-15-31-16-14-28)25-27-24-21(26)5-3-6-22(24)33-25/h3,5-10,18H,4,11-17H2,1-2H3. The van der Waals surface area contributed by atoms with Gasteiger partial charge in [0.25, 0.3) is 5.91 Å². The first kappa shape index (κ1) is 24.0. The predicted octanol–water partition coefficient (Wildman–Crippen LogP) is 5.21. The van der Waals surface area contributed by atoms with Gasteiger partial charge < -0.3 is 9.47 Å². The van der Waals surface area contributed by atoms with E-state index in [1.54, 1.807) is 4.90 Å². The molecule has 0 radical (unpaired) electrons. The van der Waals surface area contributed by atoms with Gasteiger partial charge in [-0.3, -0.25) is 14.6 Å². The molecule has 0 aliphatic carbocycles. The van der Waals surface area contributed by atoms with Gasteiger partial charge in [-0.25, -0.2) is 4.98 Å². The molecule has 4 rings (SSSR count). The van der Waals surface area contributed by atoms with Crippen molar-refractivity contribution in [2.45, 2.75) is 26.2 Å². The van der Waals surface area contributed by atoms with Crippen molar-refractivity contribution in [1.29, 1.82) is 0 Å². The molecule has 0 bridgehead atoms. The highest BCUT2D eigenvalue weighted by atomic mass is 35.5. The van der Waals surface area contributed by atoms with Gasteiger partial charge in [0.2, 0.25) is 0 Å². The number of hydrogen-bond donors (Lipinski definition) is 0. The Labute approximate surface area is 204 Å². The molecule has 33 heavy (non-hydrogen) atoms. The first-order chi connectivity index (χ1) is 16.0. The highest BCUT2D eigenvalue weighted by Crippen LogP contribution is 2.33. The van der Waals surface area contributed by atoms with Gasteiger partial charge in [-0.1, -0.05) is 55.0 Å². The highest BCUT2D eigenvalue weighted by molar-refractivity contribution is 7.22. The molecule has 0 N–H and O–H groups in total. The molecule has 0 saturated carbocycles. The van der Waals surface area contributed by atoms with Crippen LogP contribution in [0.3, 0.4) is 0 Å². The summed E-state index contributed by atoms with van der Waals surface area (Å²) in [6, 6.07) is 13.6. The van der Waals surface area contributed by atoms with E-state index in [0.29, 0.717) is 28.4 Å². The Morgan fingerprint density at radius 3 is 2.67 bits per heavy atom. The number of anilines is 1. The lowest BCUT2D eigenvalue weighted by Crippen LogP contribution is -2.40. The van der Waals surface area contributed by atoms with Crippen LogP contribution < -0.4 is 9.64 Å². The fourth-order valence-electron chi connectivity index (χ4n) is 3.79. The van der Waals surface area contributed by atoms with Crippen molar-refractivity contribution in [3.63, 3.8) is 0 Å². The minimum Gasteiger partial charge on any atom is -0.484 e.